The summed E-state index contributed by atoms with van der Waals surface area (Å²) in [6.45, 7) is 1.92. The number of hydrogen-bond acceptors (Lipinski definition) is 6. The fraction of sp³-hybridized carbons (Fsp3) is 0.182. The third kappa shape index (κ3) is 5.52. The molecular formula is C22H23N3O5S. The highest BCUT2D eigenvalue weighted by Crippen LogP contribution is 2.22. The standard InChI is InChI=1S/C22H23N3O5S/c1-15-4-6-17(22(26)24-14-16-5-11-21(30-3)23-13-16)12-20(15)31(27,28)25-18-7-9-19(29-2)10-8-18/h4-13,25H,14H2,1-3H3,(H,24,26). The Morgan fingerprint density at radius 3 is 2.35 bits per heavy atom. The fourth-order valence-corrected chi connectivity index (χ4v) is 4.15. The van der Waals surface area contributed by atoms with Gasteiger partial charge in [-0.05, 0) is 54.4 Å². The minimum atomic E-state index is -3.89. The predicted molar refractivity (Wildman–Crippen MR) is 117 cm³/mol. The molecule has 2 N–H and O–H groups in total. The van der Waals surface area contributed by atoms with Gasteiger partial charge < -0.3 is 14.8 Å². The zero-order valence-electron chi connectivity index (χ0n) is 17.4. The fourth-order valence-electron chi connectivity index (χ4n) is 2.82. The summed E-state index contributed by atoms with van der Waals surface area (Å²) in [5.41, 5.74) is 1.94. The van der Waals surface area contributed by atoms with Crippen LogP contribution in [0, 0.1) is 6.92 Å². The number of ether oxygens (including phenoxy) is 2. The molecule has 1 amide bonds. The monoisotopic (exact) mass is 441 g/mol. The number of pyridine rings is 1. The Bertz CT molecular complexity index is 1160. The lowest BCUT2D eigenvalue weighted by molar-refractivity contribution is 0.0950. The first-order valence-electron chi connectivity index (χ1n) is 9.37. The van der Waals surface area contributed by atoms with Crippen molar-refractivity contribution in [1.29, 1.82) is 0 Å². The lowest BCUT2D eigenvalue weighted by Crippen LogP contribution is -2.23. The first-order valence-corrected chi connectivity index (χ1v) is 10.9. The van der Waals surface area contributed by atoms with Crippen LogP contribution in [0.2, 0.25) is 0 Å². The molecule has 0 aliphatic carbocycles. The van der Waals surface area contributed by atoms with Crippen molar-refractivity contribution in [1.82, 2.24) is 10.3 Å². The van der Waals surface area contributed by atoms with Crippen molar-refractivity contribution in [2.45, 2.75) is 18.4 Å². The number of methoxy groups -OCH3 is 2. The van der Waals surface area contributed by atoms with Gasteiger partial charge in [0.25, 0.3) is 15.9 Å². The van der Waals surface area contributed by atoms with Crippen molar-refractivity contribution in [2.24, 2.45) is 0 Å². The van der Waals surface area contributed by atoms with E-state index in [9.17, 15) is 13.2 Å². The van der Waals surface area contributed by atoms with Crippen molar-refractivity contribution in [2.75, 3.05) is 18.9 Å². The number of nitrogens with one attached hydrogen (secondary N) is 2. The summed E-state index contributed by atoms with van der Waals surface area (Å²) in [5.74, 6) is 0.703. The molecule has 2 aromatic carbocycles. The zero-order chi connectivity index (χ0) is 22.4. The first-order chi connectivity index (χ1) is 14.8. The van der Waals surface area contributed by atoms with Gasteiger partial charge in [-0.2, -0.15) is 0 Å². The molecule has 162 valence electrons. The second-order valence-electron chi connectivity index (χ2n) is 6.71. The van der Waals surface area contributed by atoms with Gasteiger partial charge in [0, 0.05) is 30.1 Å². The first kappa shape index (κ1) is 22.1. The maximum Gasteiger partial charge on any atom is 0.262 e. The lowest BCUT2D eigenvalue weighted by Gasteiger charge is -2.13. The van der Waals surface area contributed by atoms with Gasteiger partial charge in [-0.3, -0.25) is 9.52 Å². The number of carbonyl (C=O) groups is 1. The molecule has 0 fully saturated rings. The SMILES string of the molecule is COc1ccc(NS(=O)(=O)c2cc(C(=O)NCc3ccc(OC)nc3)ccc2C)cc1. The van der Waals surface area contributed by atoms with Crippen LogP contribution >= 0.6 is 0 Å². The van der Waals surface area contributed by atoms with E-state index in [2.05, 4.69) is 15.0 Å². The summed E-state index contributed by atoms with van der Waals surface area (Å²) in [5, 5.41) is 2.76. The number of aromatic nitrogens is 1. The molecule has 0 aliphatic rings. The molecule has 0 spiro atoms. The maximum atomic E-state index is 12.9. The number of carbonyl (C=O) groups excluding carboxylic acids is 1. The van der Waals surface area contributed by atoms with Gasteiger partial charge in [-0.25, -0.2) is 13.4 Å². The Morgan fingerprint density at radius 2 is 1.74 bits per heavy atom. The van der Waals surface area contributed by atoms with E-state index in [0.717, 1.165) is 5.56 Å². The largest absolute Gasteiger partial charge is 0.497 e. The minimum Gasteiger partial charge on any atom is -0.497 e. The average molecular weight is 442 g/mol. The molecule has 0 radical (unpaired) electrons. The van der Waals surface area contributed by atoms with E-state index >= 15 is 0 Å². The van der Waals surface area contributed by atoms with Gasteiger partial charge in [-0.1, -0.05) is 12.1 Å². The van der Waals surface area contributed by atoms with Crippen LogP contribution in [0.4, 0.5) is 5.69 Å². The molecular weight excluding hydrogens is 418 g/mol. The van der Waals surface area contributed by atoms with Gasteiger partial charge in [0.05, 0.1) is 19.1 Å². The van der Waals surface area contributed by atoms with E-state index in [1.165, 1.54) is 20.3 Å². The Balaban J connectivity index is 1.75. The highest BCUT2D eigenvalue weighted by atomic mass is 32.2. The van der Waals surface area contributed by atoms with E-state index in [0.29, 0.717) is 22.9 Å². The molecule has 31 heavy (non-hydrogen) atoms. The molecule has 0 aliphatic heterocycles. The molecule has 0 unspecified atom stereocenters. The summed E-state index contributed by atoms with van der Waals surface area (Å²) in [6, 6.07) is 14.6. The molecule has 1 heterocycles. The lowest BCUT2D eigenvalue weighted by atomic mass is 10.1. The molecule has 3 rings (SSSR count). The van der Waals surface area contributed by atoms with Crippen LogP contribution < -0.4 is 19.5 Å². The molecule has 0 saturated carbocycles. The van der Waals surface area contributed by atoms with Crippen LogP contribution in [-0.2, 0) is 16.6 Å². The van der Waals surface area contributed by atoms with Crippen LogP contribution in [0.1, 0.15) is 21.5 Å². The average Bonchev–Trinajstić information content (AvgIpc) is 2.78. The summed E-state index contributed by atoms with van der Waals surface area (Å²) in [4.78, 5) is 16.7. The smallest absolute Gasteiger partial charge is 0.262 e. The number of aryl methyl sites for hydroxylation is 1. The third-order valence-corrected chi connectivity index (χ3v) is 6.07. The van der Waals surface area contributed by atoms with Crippen LogP contribution in [0.25, 0.3) is 0 Å². The number of hydrogen-bond donors (Lipinski definition) is 2. The van der Waals surface area contributed by atoms with Gasteiger partial charge in [0.1, 0.15) is 5.75 Å². The Kier molecular flexibility index (Phi) is 6.76. The van der Waals surface area contributed by atoms with E-state index < -0.39 is 15.9 Å². The summed E-state index contributed by atoms with van der Waals surface area (Å²) in [6.07, 6.45) is 1.60. The highest BCUT2D eigenvalue weighted by Gasteiger charge is 2.19. The second-order valence-corrected chi connectivity index (χ2v) is 8.36. The minimum absolute atomic E-state index is 0.0297. The number of rotatable bonds is 8. The van der Waals surface area contributed by atoms with E-state index in [-0.39, 0.29) is 17.0 Å². The highest BCUT2D eigenvalue weighted by molar-refractivity contribution is 7.92. The topological polar surface area (TPSA) is 107 Å². The number of benzene rings is 2. The Hall–Kier alpha value is -3.59. The van der Waals surface area contributed by atoms with Crippen molar-refractivity contribution in [3.05, 3.63) is 77.5 Å². The molecule has 0 saturated heterocycles. The van der Waals surface area contributed by atoms with Gasteiger partial charge in [0.15, 0.2) is 0 Å². The predicted octanol–water partition coefficient (Wildman–Crippen LogP) is 3.14. The Morgan fingerprint density at radius 1 is 1.00 bits per heavy atom. The van der Waals surface area contributed by atoms with E-state index in [1.54, 1.807) is 61.7 Å². The number of sulfonamides is 1. The molecule has 8 nitrogen and oxygen atoms in total. The zero-order valence-corrected chi connectivity index (χ0v) is 18.2. The van der Waals surface area contributed by atoms with Crippen molar-refractivity contribution < 1.29 is 22.7 Å². The van der Waals surface area contributed by atoms with Crippen LogP contribution in [0.5, 0.6) is 11.6 Å². The summed E-state index contributed by atoms with van der Waals surface area (Å²) in [7, 11) is -0.833. The second kappa shape index (κ2) is 9.48. The van der Waals surface area contributed by atoms with Crippen molar-refractivity contribution in [3.63, 3.8) is 0 Å². The van der Waals surface area contributed by atoms with Gasteiger partial charge in [-0.15, -0.1) is 0 Å². The van der Waals surface area contributed by atoms with E-state index in [4.69, 9.17) is 9.47 Å². The van der Waals surface area contributed by atoms with Gasteiger partial charge in [0.2, 0.25) is 5.88 Å². The van der Waals surface area contributed by atoms with Crippen LogP contribution in [0.3, 0.4) is 0 Å². The van der Waals surface area contributed by atoms with E-state index in [1.807, 2.05) is 0 Å². The molecule has 0 bridgehead atoms. The molecule has 1 aromatic heterocycles. The van der Waals surface area contributed by atoms with Gasteiger partial charge >= 0.3 is 0 Å². The maximum absolute atomic E-state index is 12.9. The third-order valence-electron chi connectivity index (χ3n) is 4.54. The normalized spacial score (nSPS) is 10.9. The number of nitrogens with zero attached hydrogens (tertiary/aromatic N) is 1. The molecule has 0 atom stereocenters. The van der Waals surface area contributed by atoms with Crippen LogP contribution in [0.15, 0.2) is 65.7 Å². The summed E-state index contributed by atoms with van der Waals surface area (Å²) < 4.78 is 38.4. The van der Waals surface area contributed by atoms with Crippen LogP contribution in [-0.4, -0.2) is 33.5 Å². The molecule has 9 heteroatoms. The summed E-state index contributed by atoms with van der Waals surface area (Å²) >= 11 is 0. The number of anilines is 1. The Labute approximate surface area is 181 Å². The number of amides is 1. The molecule has 3 aromatic rings. The quantitative estimate of drug-likeness (QED) is 0.556. The van der Waals surface area contributed by atoms with Crippen molar-refractivity contribution >= 4 is 21.6 Å². The van der Waals surface area contributed by atoms with Crippen molar-refractivity contribution in [3.8, 4) is 11.6 Å².